The van der Waals surface area contributed by atoms with E-state index < -0.39 is 23.1 Å². The van der Waals surface area contributed by atoms with Crippen LogP contribution < -0.4 is 0 Å². The monoisotopic (exact) mass is 570 g/mol. The van der Waals surface area contributed by atoms with Crippen LogP contribution >= 0.6 is 0 Å². The molecule has 0 saturated carbocycles. The van der Waals surface area contributed by atoms with Crippen molar-refractivity contribution in [2.45, 2.75) is 163 Å². The van der Waals surface area contributed by atoms with Crippen LogP contribution in [0.25, 0.3) is 0 Å². The molecule has 0 atom stereocenters. The third kappa shape index (κ3) is 23.7. The molecule has 0 N–H and O–H groups in total. The van der Waals surface area contributed by atoms with Crippen LogP contribution in [0, 0.1) is 5.41 Å². The smallest absolute Gasteiger partial charge is 0.306 e. The van der Waals surface area contributed by atoms with E-state index in [1.807, 2.05) is 34.6 Å². The van der Waals surface area contributed by atoms with Crippen LogP contribution in [0.1, 0.15) is 151 Å². The second-order valence-electron chi connectivity index (χ2n) is 12.6. The lowest BCUT2D eigenvalue weighted by atomic mass is 9.84. The molecule has 8 heteroatoms. The minimum absolute atomic E-state index is 0.120. The van der Waals surface area contributed by atoms with Gasteiger partial charge in [0.15, 0.2) is 6.10 Å². The Morgan fingerprint density at radius 2 is 1.02 bits per heavy atom. The van der Waals surface area contributed by atoms with Crippen molar-refractivity contribution < 1.29 is 38.1 Å². The number of carbonyl (C=O) groups excluding carboxylic acids is 4. The summed E-state index contributed by atoms with van der Waals surface area (Å²) in [6.07, 6.45) is 11.6. The van der Waals surface area contributed by atoms with Crippen LogP contribution in [-0.4, -0.2) is 48.8 Å². The van der Waals surface area contributed by atoms with Crippen LogP contribution in [-0.2, 0) is 38.1 Å². The highest BCUT2D eigenvalue weighted by molar-refractivity contribution is 5.72. The summed E-state index contributed by atoms with van der Waals surface area (Å²) in [4.78, 5) is 49.2. The Labute approximate surface area is 243 Å². The predicted octanol–water partition coefficient (Wildman–Crippen LogP) is 7.63. The van der Waals surface area contributed by atoms with E-state index in [9.17, 15) is 19.2 Å². The lowest BCUT2D eigenvalue weighted by molar-refractivity contribution is -0.168. The Morgan fingerprint density at radius 1 is 0.575 bits per heavy atom. The normalized spacial score (nSPS) is 11.8. The Hall–Kier alpha value is -2.12. The van der Waals surface area contributed by atoms with Gasteiger partial charge in [0.1, 0.15) is 18.8 Å². The first-order valence-electron chi connectivity index (χ1n) is 15.5. The van der Waals surface area contributed by atoms with Gasteiger partial charge in [0.25, 0.3) is 0 Å². The van der Waals surface area contributed by atoms with E-state index >= 15 is 0 Å². The molecule has 0 unspecified atom stereocenters. The third-order valence-corrected chi connectivity index (χ3v) is 6.40. The van der Waals surface area contributed by atoms with Crippen LogP contribution in [0.3, 0.4) is 0 Å². The number of ether oxygens (including phenoxy) is 4. The maximum Gasteiger partial charge on any atom is 0.306 e. The molecule has 0 heterocycles. The standard InChI is InChI=1S/C32H58O8/c1-8-10-12-14-16-19-27(33)37-24-26(25-38-28(34)20-17-15-13-11-9-2)39-30(36)23-32(6,7)22-18-21-29(35)40-31(3,4)5/h26H,8-25H2,1-7H3. The molecule has 234 valence electrons. The summed E-state index contributed by atoms with van der Waals surface area (Å²) in [5.74, 6) is -1.41. The van der Waals surface area contributed by atoms with Gasteiger partial charge in [-0.3, -0.25) is 19.2 Å². The Kier molecular flexibility index (Phi) is 20.5. The maximum absolute atomic E-state index is 12.8. The van der Waals surface area contributed by atoms with E-state index in [0.29, 0.717) is 25.7 Å². The van der Waals surface area contributed by atoms with Gasteiger partial charge in [-0.05, 0) is 51.9 Å². The number of hydrogen-bond donors (Lipinski definition) is 0. The average Bonchev–Trinajstić information content (AvgIpc) is 2.83. The van der Waals surface area contributed by atoms with E-state index in [1.54, 1.807) is 0 Å². The highest BCUT2D eigenvalue weighted by atomic mass is 16.6. The molecule has 0 saturated heterocycles. The third-order valence-electron chi connectivity index (χ3n) is 6.40. The Morgan fingerprint density at radius 3 is 1.48 bits per heavy atom. The fourth-order valence-electron chi connectivity index (χ4n) is 4.19. The summed E-state index contributed by atoms with van der Waals surface area (Å²) in [5.41, 5.74) is -0.934. The minimum Gasteiger partial charge on any atom is -0.462 e. The average molecular weight is 571 g/mol. The Bertz CT molecular complexity index is 693. The van der Waals surface area contributed by atoms with E-state index in [-0.39, 0.29) is 44.0 Å². The number of unbranched alkanes of at least 4 members (excludes halogenated alkanes) is 8. The predicted molar refractivity (Wildman–Crippen MR) is 157 cm³/mol. The van der Waals surface area contributed by atoms with Crippen LogP contribution in [0.2, 0.25) is 0 Å². The van der Waals surface area contributed by atoms with Crippen molar-refractivity contribution in [3.8, 4) is 0 Å². The fraction of sp³-hybridized carbons (Fsp3) is 0.875. The van der Waals surface area contributed by atoms with Gasteiger partial charge in [-0.15, -0.1) is 0 Å². The first-order chi connectivity index (χ1) is 18.8. The summed E-state index contributed by atoms with van der Waals surface area (Å²) >= 11 is 0. The van der Waals surface area contributed by atoms with Crippen molar-refractivity contribution in [1.82, 2.24) is 0 Å². The van der Waals surface area contributed by atoms with Gasteiger partial charge in [-0.1, -0.05) is 79.1 Å². The van der Waals surface area contributed by atoms with E-state index in [1.165, 1.54) is 0 Å². The summed E-state index contributed by atoms with van der Waals surface area (Å²) in [6.45, 7) is 13.3. The van der Waals surface area contributed by atoms with Crippen molar-refractivity contribution in [2.75, 3.05) is 13.2 Å². The van der Waals surface area contributed by atoms with Gasteiger partial charge in [-0.2, -0.15) is 0 Å². The SMILES string of the molecule is CCCCCCCC(=O)OCC(COC(=O)CCCCCCC)OC(=O)CC(C)(C)CCCC(=O)OC(C)(C)C. The summed E-state index contributed by atoms with van der Waals surface area (Å²) in [7, 11) is 0. The second kappa shape index (κ2) is 21.6. The first-order valence-corrected chi connectivity index (χ1v) is 15.5. The molecule has 0 aliphatic heterocycles. The highest BCUT2D eigenvalue weighted by Gasteiger charge is 2.27. The lowest BCUT2D eigenvalue weighted by Crippen LogP contribution is -2.32. The van der Waals surface area contributed by atoms with Crippen molar-refractivity contribution in [3.63, 3.8) is 0 Å². The highest BCUT2D eigenvalue weighted by Crippen LogP contribution is 2.28. The molecule has 0 radical (unpaired) electrons. The topological polar surface area (TPSA) is 105 Å². The molecule has 0 aromatic carbocycles. The molecule has 0 aromatic rings. The van der Waals surface area contributed by atoms with Gasteiger partial charge in [-0.25, -0.2) is 0 Å². The van der Waals surface area contributed by atoms with Gasteiger partial charge in [0.05, 0.1) is 6.42 Å². The van der Waals surface area contributed by atoms with Crippen LogP contribution in [0.15, 0.2) is 0 Å². The molecule has 0 amide bonds. The summed E-state index contributed by atoms with van der Waals surface area (Å²) < 4.78 is 21.7. The van der Waals surface area contributed by atoms with E-state index in [0.717, 1.165) is 64.2 Å². The summed E-state index contributed by atoms with van der Waals surface area (Å²) in [6, 6.07) is 0. The number of rotatable bonds is 23. The first kappa shape index (κ1) is 37.9. The van der Waals surface area contributed by atoms with Gasteiger partial charge in [0, 0.05) is 19.3 Å². The summed E-state index contributed by atoms with van der Waals surface area (Å²) in [5, 5.41) is 0. The molecular formula is C32H58O8. The van der Waals surface area contributed by atoms with Gasteiger partial charge in [0.2, 0.25) is 0 Å². The van der Waals surface area contributed by atoms with E-state index in [4.69, 9.17) is 18.9 Å². The van der Waals surface area contributed by atoms with Crippen molar-refractivity contribution in [2.24, 2.45) is 5.41 Å². The van der Waals surface area contributed by atoms with E-state index in [2.05, 4.69) is 13.8 Å². The van der Waals surface area contributed by atoms with Crippen molar-refractivity contribution in [3.05, 3.63) is 0 Å². The zero-order valence-electron chi connectivity index (χ0n) is 26.6. The molecule has 0 rings (SSSR count). The zero-order chi connectivity index (χ0) is 30.4. The quantitative estimate of drug-likeness (QED) is 0.0701. The van der Waals surface area contributed by atoms with Crippen LogP contribution in [0.4, 0.5) is 0 Å². The molecule has 0 fully saturated rings. The van der Waals surface area contributed by atoms with Crippen molar-refractivity contribution >= 4 is 23.9 Å². The molecule has 0 aliphatic carbocycles. The molecule has 0 spiro atoms. The largest absolute Gasteiger partial charge is 0.462 e. The number of esters is 4. The van der Waals surface area contributed by atoms with Crippen LogP contribution in [0.5, 0.6) is 0 Å². The van der Waals surface area contributed by atoms with Gasteiger partial charge >= 0.3 is 23.9 Å². The molecule has 8 nitrogen and oxygen atoms in total. The number of carbonyl (C=O) groups is 4. The molecule has 40 heavy (non-hydrogen) atoms. The molecule has 0 aromatic heterocycles. The lowest BCUT2D eigenvalue weighted by Gasteiger charge is -2.25. The molecular weight excluding hydrogens is 512 g/mol. The molecule has 0 bridgehead atoms. The van der Waals surface area contributed by atoms with Crippen molar-refractivity contribution in [1.29, 1.82) is 0 Å². The minimum atomic E-state index is -0.863. The fourth-order valence-corrected chi connectivity index (χ4v) is 4.19. The number of hydrogen-bond acceptors (Lipinski definition) is 8. The maximum atomic E-state index is 12.8. The second-order valence-corrected chi connectivity index (χ2v) is 12.6. The Balaban J connectivity index is 4.79. The zero-order valence-corrected chi connectivity index (χ0v) is 26.6. The van der Waals surface area contributed by atoms with Gasteiger partial charge < -0.3 is 18.9 Å². The molecule has 0 aliphatic rings.